The number of benzene rings is 1. The molecule has 0 bridgehead atoms. The van der Waals surface area contributed by atoms with Crippen LogP contribution in [0.25, 0.3) is 0 Å². The van der Waals surface area contributed by atoms with Crippen LogP contribution in [0, 0.1) is 0 Å². The molecule has 110 valence electrons. The zero-order valence-electron chi connectivity index (χ0n) is 12.3. The molecule has 5 nitrogen and oxygen atoms in total. The third kappa shape index (κ3) is 4.91. The van der Waals surface area contributed by atoms with Crippen molar-refractivity contribution in [3.8, 4) is 5.75 Å². The first-order valence-corrected chi connectivity index (χ1v) is 6.68. The summed E-state index contributed by atoms with van der Waals surface area (Å²) in [6.45, 7) is 7.69. The van der Waals surface area contributed by atoms with Crippen LogP contribution >= 0.6 is 0 Å². The van der Waals surface area contributed by atoms with Crippen LogP contribution in [0.15, 0.2) is 24.3 Å². The summed E-state index contributed by atoms with van der Waals surface area (Å²) in [6.07, 6.45) is -0.823. The third-order valence-electron chi connectivity index (χ3n) is 2.48. The molecular formula is C15H21NO4. The monoisotopic (exact) mass is 279 g/mol. The van der Waals surface area contributed by atoms with E-state index in [-0.39, 0.29) is 11.9 Å². The summed E-state index contributed by atoms with van der Waals surface area (Å²) in [5, 5.41) is 2.69. The summed E-state index contributed by atoms with van der Waals surface area (Å²) < 4.78 is 10.4. The molecule has 1 rings (SSSR count). The van der Waals surface area contributed by atoms with Gasteiger partial charge in [-0.25, -0.2) is 4.79 Å². The van der Waals surface area contributed by atoms with Crippen molar-refractivity contribution in [2.75, 3.05) is 6.61 Å². The highest BCUT2D eigenvalue weighted by Gasteiger charge is 2.19. The van der Waals surface area contributed by atoms with E-state index in [1.807, 2.05) is 20.8 Å². The van der Waals surface area contributed by atoms with Gasteiger partial charge in [-0.15, -0.1) is 0 Å². The minimum Gasteiger partial charge on any atom is -0.494 e. The molecule has 1 aromatic carbocycles. The molecule has 0 heterocycles. The fraction of sp³-hybridized carbons (Fsp3) is 0.467. The SMILES string of the molecule is CCOc1ccc(C(=O)OC(C)C(=O)NC(C)C)cc1. The second kappa shape index (κ2) is 7.53. The van der Waals surface area contributed by atoms with E-state index in [0.717, 1.165) is 0 Å². The van der Waals surface area contributed by atoms with E-state index in [4.69, 9.17) is 9.47 Å². The molecule has 0 spiro atoms. The smallest absolute Gasteiger partial charge is 0.338 e. The van der Waals surface area contributed by atoms with E-state index in [0.29, 0.717) is 17.9 Å². The Hall–Kier alpha value is -2.04. The largest absolute Gasteiger partial charge is 0.494 e. The predicted molar refractivity (Wildman–Crippen MR) is 75.8 cm³/mol. The lowest BCUT2D eigenvalue weighted by atomic mass is 10.2. The number of rotatable bonds is 6. The second-order valence-electron chi connectivity index (χ2n) is 4.67. The summed E-state index contributed by atoms with van der Waals surface area (Å²) in [4.78, 5) is 23.5. The lowest BCUT2D eigenvalue weighted by Crippen LogP contribution is -2.39. The van der Waals surface area contributed by atoms with Crippen molar-refractivity contribution in [2.45, 2.75) is 39.8 Å². The van der Waals surface area contributed by atoms with Crippen LogP contribution in [-0.2, 0) is 9.53 Å². The summed E-state index contributed by atoms with van der Waals surface area (Å²) in [5.74, 6) is -0.145. The molecule has 0 aliphatic carbocycles. The Morgan fingerprint density at radius 2 is 1.75 bits per heavy atom. The van der Waals surface area contributed by atoms with E-state index in [9.17, 15) is 9.59 Å². The molecule has 0 saturated heterocycles. The Labute approximate surface area is 119 Å². The number of hydrogen-bond donors (Lipinski definition) is 1. The summed E-state index contributed by atoms with van der Waals surface area (Å²) in [5.41, 5.74) is 0.387. The average Bonchev–Trinajstić information content (AvgIpc) is 2.39. The van der Waals surface area contributed by atoms with Crippen LogP contribution in [0.3, 0.4) is 0 Å². The van der Waals surface area contributed by atoms with Gasteiger partial charge in [-0.1, -0.05) is 0 Å². The van der Waals surface area contributed by atoms with Gasteiger partial charge in [-0.05, 0) is 52.0 Å². The van der Waals surface area contributed by atoms with Gasteiger partial charge in [0, 0.05) is 6.04 Å². The highest BCUT2D eigenvalue weighted by Crippen LogP contribution is 2.13. The summed E-state index contributed by atoms with van der Waals surface area (Å²) in [6, 6.07) is 6.62. The number of carbonyl (C=O) groups is 2. The van der Waals surface area contributed by atoms with Crippen molar-refractivity contribution >= 4 is 11.9 Å². The van der Waals surface area contributed by atoms with Crippen molar-refractivity contribution in [1.82, 2.24) is 5.32 Å². The maximum Gasteiger partial charge on any atom is 0.338 e. The van der Waals surface area contributed by atoms with E-state index in [1.54, 1.807) is 31.2 Å². The van der Waals surface area contributed by atoms with E-state index >= 15 is 0 Å². The standard InChI is InChI=1S/C15H21NO4/c1-5-19-13-8-6-12(7-9-13)15(18)20-11(4)14(17)16-10(2)3/h6-11H,5H2,1-4H3,(H,16,17). The Morgan fingerprint density at radius 3 is 2.25 bits per heavy atom. The Balaban J connectivity index is 2.59. The number of carbonyl (C=O) groups excluding carboxylic acids is 2. The van der Waals surface area contributed by atoms with Crippen molar-refractivity contribution in [3.63, 3.8) is 0 Å². The second-order valence-corrected chi connectivity index (χ2v) is 4.67. The van der Waals surface area contributed by atoms with Crippen molar-refractivity contribution < 1.29 is 19.1 Å². The average molecular weight is 279 g/mol. The van der Waals surface area contributed by atoms with Gasteiger partial charge in [0.2, 0.25) is 0 Å². The molecule has 1 aromatic rings. The maximum absolute atomic E-state index is 11.9. The van der Waals surface area contributed by atoms with Crippen LogP contribution in [0.1, 0.15) is 38.1 Å². The van der Waals surface area contributed by atoms with Gasteiger partial charge in [0.25, 0.3) is 5.91 Å². The highest BCUT2D eigenvalue weighted by molar-refractivity contribution is 5.92. The molecule has 0 aromatic heterocycles. The lowest BCUT2D eigenvalue weighted by Gasteiger charge is -2.15. The Bertz CT molecular complexity index is 453. The number of amides is 1. The molecule has 1 amide bonds. The van der Waals surface area contributed by atoms with Gasteiger partial charge < -0.3 is 14.8 Å². The van der Waals surface area contributed by atoms with Crippen molar-refractivity contribution in [1.29, 1.82) is 0 Å². The molecule has 0 fully saturated rings. The van der Waals surface area contributed by atoms with Gasteiger partial charge in [0.05, 0.1) is 12.2 Å². The van der Waals surface area contributed by atoms with Crippen molar-refractivity contribution in [3.05, 3.63) is 29.8 Å². The fourth-order valence-electron chi connectivity index (χ4n) is 1.54. The Kier molecular flexibility index (Phi) is 6.03. The third-order valence-corrected chi connectivity index (χ3v) is 2.48. The lowest BCUT2D eigenvalue weighted by molar-refractivity contribution is -0.129. The van der Waals surface area contributed by atoms with Crippen LogP contribution < -0.4 is 10.1 Å². The van der Waals surface area contributed by atoms with E-state index in [2.05, 4.69) is 5.32 Å². The van der Waals surface area contributed by atoms with E-state index in [1.165, 1.54) is 0 Å². The van der Waals surface area contributed by atoms with Gasteiger partial charge in [-0.3, -0.25) is 4.79 Å². The van der Waals surface area contributed by atoms with Gasteiger partial charge in [0.1, 0.15) is 5.75 Å². The zero-order chi connectivity index (χ0) is 15.1. The van der Waals surface area contributed by atoms with E-state index < -0.39 is 12.1 Å². The van der Waals surface area contributed by atoms with Crippen LogP contribution in [0.5, 0.6) is 5.75 Å². The summed E-state index contributed by atoms with van der Waals surface area (Å²) in [7, 11) is 0. The van der Waals surface area contributed by atoms with Crippen LogP contribution in [0.4, 0.5) is 0 Å². The minimum atomic E-state index is -0.823. The van der Waals surface area contributed by atoms with Crippen LogP contribution in [-0.4, -0.2) is 30.6 Å². The Morgan fingerprint density at radius 1 is 1.15 bits per heavy atom. The molecule has 1 atom stereocenters. The zero-order valence-corrected chi connectivity index (χ0v) is 12.3. The number of nitrogens with one attached hydrogen (secondary N) is 1. The number of hydrogen-bond acceptors (Lipinski definition) is 4. The number of esters is 1. The number of ether oxygens (including phenoxy) is 2. The molecule has 0 saturated carbocycles. The normalized spacial score (nSPS) is 11.8. The van der Waals surface area contributed by atoms with Crippen molar-refractivity contribution in [2.24, 2.45) is 0 Å². The molecule has 0 aliphatic rings. The van der Waals surface area contributed by atoms with Gasteiger partial charge in [0.15, 0.2) is 6.10 Å². The molecular weight excluding hydrogens is 258 g/mol. The highest BCUT2D eigenvalue weighted by atomic mass is 16.5. The van der Waals surface area contributed by atoms with Crippen LogP contribution in [0.2, 0.25) is 0 Å². The fourth-order valence-corrected chi connectivity index (χ4v) is 1.54. The van der Waals surface area contributed by atoms with Gasteiger partial charge in [-0.2, -0.15) is 0 Å². The molecule has 5 heteroatoms. The maximum atomic E-state index is 11.9. The quantitative estimate of drug-likeness (QED) is 0.810. The minimum absolute atomic E-state index is 0.00845. The molecule has 0 radical (unpaired) electrons. The molecule has 20 heavy (non-hydrogen) atoms. The first kappa shape index (κ1) is 16.0. The summed E-state index contributed by atoms with van der Waals surface area (Å²) >= 11 is 0. The molecule has 1 unspecified atom stereocenters. The first-order chi connectivity index (χ1) is 9.43. The molecule has 0 aliphatic heterocycles. The predicted octanol–water partition coefficient (Wildman–Crippen LogP) is 2.16. The topological polar surface area (TPSA) is 64.6 Å². The molecule has 1 N–H and O–H groups in total. The van der Waals surface area contributed by atoms with Gasteiger partial charge >= 0.3 is 5.97 Å². The first-order valence-electron chi connectivity index (χ1n) is 6.68.